The predicted octanol–water partition coefficient (Wildman–Crippen LogP) is 0.958. The summed E-state index contributed by atoms with van der Waals surface area (Å²) in [6.45, 7) is 5.12. The van der Waals surface area contributed by atoms with E-state index in [1.54, 1.807) is 13.8 Å². The highest BCUT2D eigenvalue weighted by Gasteiger charge is 2.34. The first-order valence-electron chi connectivity index (χ1n) is 8.55. The summed E-state index contributed by atoms with van der Waals surface area (Å²) >= 11 is 0. The van der Waals surface area contributed by atoms with E-state index in [9.17, 15) is 26.8 Å². The molecule has 1 heterocycles. The third kappa shape index (κ3) is 4.81. The maximum atomic E-state index is 13.9. The summed E-state index contributed by atoms with van der Waals surface area (Å²) in [5, 5.41) is 2.61. The number of nitrogens with one attached hydrogen (secondary N) is 1. The monoisotopic (exact) mass is 403 g/mol. The Labute approximate surface area is 157 Å². The van der Waals surface area contributed by atoms with Crippen molar-refractivity contribution >= 4 is 21.8 Å². The SMILES string of the molecule is CC(=O)N[C@@H](C(=O)N1CCN(S(=O)(=O)c2ccc(F)cc2F)CC1)C(C)C. The fraction of sp³-hybridized carbons (Fsp3) is 0.529. The van der Waals surface area contributed by atoms with Crippen LogP contribution in [0.15, 0.2) is 23.1 Å². The van der Waals surface area contributed by atoms with Crippen LogP contribution in [0.2, 0.25) is 0 Å². The van der Waals surface area contributed by atoms with Crippen molar-refractivity contribution < 1.29 is 26.8 Å². The quantitative estimate of drug-likeness (QED) is 0.793. The molecule has 0 radical (unpaired) electrons. The van der Waals surface area contributed by atoms with Crippen LogP contribution in [0.4, 0.5) is 8.78 Å². The largest absolute Gasteiger partial charge is 0.344 e. The van der Waals surface area contributed by atoms with Crippen molar-refractivity contribution in [2.75, 3.05) is 26.2 Å². The van der Waals surface area contributed by atoms with Gasteiger partial charge in [0, 0.05) is 39.2 Å². The number of hydrogen-bond donors (Lipinski definition) is 1. The Morgan fingerprint density at radius 3 is 2.19 bits per heavy atom. The second-order valence-corrected chi connectivity index (χ2v) is 8.63. The van der Waals surface area contributed by atoms with E-state index in [4.69, 9.17) is 0 Å². The van der Waals surface area contributed by atoms with Crippen molar-refractivity contribution in [1.29, 1.82) is 0 Å². The maximum absolute atomic E-state index is 13.9. The highest BCUT2D eigenvalue weighted by molar-refractivity contribution is 7.89. The van der Waals surface area contributed by atoms with Crippen molar-refractivity contribution in [1.82, 2.24) is 14.5 Å². The molecular formula is C17H23F2N3O4S. The second-order valence-electron chi connectivity index (χ2n) is 6.73. The lowest BCUT2D eigenvalue weighted by Crippen LogP contribution is -2.56. The van der Waals surface area contributed by atoms with Gasteiger partial charge < -0.3 is 10.2 Å². The van der Waals surface area contributed by atoms with E-state index in [-0.39, 0.29) is 43.9 Å². The number of benzene rings is 1. The minimum Gasteiger partial charge on any atom is -0.344 e. The second kappa shape index (κ2) is 8.30. The number of carbonyl (C=O) groups excluding carboxylic acids is 2. The molecule has 0 bridgehead atoms. The standard InChI is InChI=1S/C17H23F2N3O4S/c1-11(2)16(20-12(3)23)17(24)21-6-8-22(9-7-21)27(25,26)15-5-4-13(18)10-14(15)19/h4-5,10-11,16H,6-9H2,1-3H3,(H,20,23)/t16-/m1/s1. The molecule has 1 aliphatic heterocycles. The lowest BCUT2D eigenvalue weighted by atomic mass is 10.0. The van der Waals surface area contributed by atoms with Gasteiger partial charge in [-0.25, -0.2) is 17.2 Å². The number of rotatable bonds is 5. The van der Waals surface area contributed by atoms with E-state index in [0.717, 1.165) is 16.4 Å². The molecule has 0 spiro atoms. The molecule has 150 valence electrons. The molecule has 0 aromatic heterocycles. The van der Waals surface area contributed by atoms with Crippen LogP contribution in [-0.4, -0.2) is 61.7 Å². The predicted molar refractivity (Wildman–Crippen MR) is 94.1 cm³/mol. The summed E-state index contributed by atoms with van der Waals surface area (Å²) in [6, 6.07) is 1.60. The summed E-state index contributed by atoms with van der Waals surface area (Å²) in [5.74, 6) is -2.75. The molecule has 0 aliphatic carbocycles. The van der Waals surface area contributed by atoms with E-state index in [1.165, 1.54) is 11.8 Å². The average Bonchev–Trinajstić information content (AvgIpc) is 2.58. The summed E-state index contributed by atoms with van der Waals surface area (Å²) < 4.78 is 53.1. The van der Waals surface area contributed by atoms with Crippen molar-refractivity contribution in [3.05, 3.63) is 29.8 Å². The van der Waals surface area contributed by atoms with Gasteiger partial charge in [-0.05, 0) is 18.1 Å². The van der Waals surface area contributed by atoms with Crippen molar-refractivity contribution in [2.24, 2.45) is 5.92 Å². The van der Waals surface area contributed by atoms with Gasteiger partial charge in [0.15, 0.2) is 0 Å². The summed E-state index contributed by atoms with van der Waals surface area (Å²) in [5.41, 5.74) is 0. The summed E-state index contributed by atoms with van der Waals surface area (Å²) in [4.78, 5) is 24.8. The smallest absolute Gasteiger partial charge is 0.246 e. The lowest BCUT2D eigenvalue weighted by molar-refractivity contribution is -0.138. The Morgan fingerprint density at radius 1 is 1.11 bits per heavy atom. The van der Waals surface area contributed by atoms with Crippen LogP contribution in [-0.2, 0) is 19.6 Å². The van der Waals surface area contributed by atoms with E-state index in [0.29, 0.717) is 6.07 Å². The van der Waals surface area contributed by atoms with Gasteiger partial charge in [-0.3, -0.25) is 9.59 Å². The molecule has 1 aromatic carbocycles. The molecule has 1 aromatic rings. The van der Waals surface area contributed by atoms with Gasteiger partial charge in [-0.15, -0.1) is 0 Å². The van der Waals surface area contributed by atoms with E-state index in [2.05, 4.69) is 5.32 Å². The number of amides is 2. The molecule has 10 heteroatoms. The Hall–Kier alpha value is -2.07. The Balaban J connectivity index is 2.09. The van der Waals surface area contributed by atoms with Crippen molar-refractivity contribution in [3.63, 3.8) is 0 Å². The molecule has 2 rings (SSSR count). The van der Waals surface area contributed by atoms with Gasteiger partial charge in [0.1, 0.15) is 22.6 Å². The van der Waals surface area contributed by atoms with Crippen LogP contribution >= 0.6 is 0 Å². The van der Waals surface area contributed by atoms with Gasteiger partial charge in [0.2, 0.25) is 21.8 Å². The fourth-order valence-electron chi connectivity index (χ4n) is 2.90. The molecular weight excluding hydrogens is 380 g/mol. The number of hydrogen-bond acceptors (Lipinski definition) is 4. The molecule has 1 atom stereocenters. The Bertz CT molecular complexity index is 821. The van der Waals surface area contributed by atoms with Crippen LogP contribution in [0.1, 0.15) is 20.8 Å². The van der Waals surface area contributed by atoms with Crippen molar-refractivity contribution in [2.45, 2.75) is 31.7 Å². The zero-order valence-corrected chi connectivity index (χ0v) is 16.2. The zero-order valence-electron chi connectivity index (χ0n) is 15.4. The third-order valence-corrected chi connectivity index (χ3v) is 6.29. The first-order valence-corrected chi connectivity index (χ1v) is 9.99. The van der Waals surface area contributed by atoms with Gasteiger partial charge >= 0.3 is 0 Å². The first-order chi connectivity index (χ1) is 12.5. The Morgan fingerprint density at radius 2 is 1.70 bits per heavy atom. The van der Waals surface area contributed by atoms with Gasteiger partial charge in [0.25, 0.3) is 0 Å². The maximum Gasteiger partial charge on any atom is 0.246 e. The highest BCUT2D eigenvalue weighted by atomic mass is 32.2. The third-order valence-electron chi connectivity index (χ3n) is 4.35. The van der Waals surface area contributed by atoms with Gasteiger partial charge in [0.05, 0.1) is 0 Å². The normalized spacial score (nSPS) is 17.0. The molecule has 0 saturated carbocycles. The molecule has 1 saturated heterocycles. The lowest BCUT2D eigenvalue weighted by Gasteiger charge is -2.36. The zero-order chi connectivity index (χ0) is 20.4. The molecule has 0 unspecified atom stereocenters. The Kier molecular flexibility index (Phi) is 6.53. The molecule has 27 heavy (non-hydrogen) atoms. The molecule has 2 amide bonds. The van der Waals surface area contributed by atoms with Crippen LogP contribution in [0.25, 0.3) is 0 Å². The summed E-state index contributed by atoms with van der Waals surface area (Å²) in [6.07, 6.45) is 0. The van der Waals surface area contributed by atoms with Crippen LogP contribution in [0, 0.1) is 17.6 Å². The van der Waals surface area contributed by atoms with E-state index >= 15 is 0 Å². The number of nitrogens with zero attached hydrogens (tertiary/aromatic N) is 2. The number of carbonyl (C=O) groups is 2. The van der Waals surface area contributed by atoms with Gasteiger partial charge in [-0.1, -0.05) is 13.8 Å². The molecule has 1 aliphatic rings. The minimum absolute atomic E-state index is 0.0181. The first kappa shape index (κ1) is 21.2. The van der Waals surface area contributed by atoms with E-state index in [1.807, 2.05) is 0 Å². The van der Waals surface area contributed by atoms with Gasteiger partial charge in [-0.2, -0.15) is 4.31 Å². The summed E-state index contributed by atoms with van der Waals surface area (Å²) in [7, 11) is -4.13. The highest BCUT2D eigenvalue weighted by Crippen LogP contribution is 2.22. The minimum atomic E-state index is -4.13. The topological polar surface area (TPSA) is 86.8 Å². The number of halogens is 2. The number of piperazine rings is 1. The van der Waals surface area contributed by atoms with E-state index < -0.39 is 32.6 Å². The van der Waals surface area contributed by atoms with Crippen LogP contribution in [0.3, 0.4) is 0 Å². The van der Waals surface area contributed by atoms with Crippen LogP contribution in [0.5, 0.6) is 0 Å². The average molecular weight is 403 g/mol. The molecule has 1 N–H and O–H groups in total. The number of sulfonamides is 1. The molecule has 7 nitrogen and oxygen atoms in total. The van der Waals surface area contributed by atoms with Crippen LogP contribution < -0.4 is 5.32 Å². The fourth-order valence-corrected chi connectivity index (χ4v) is 4.37. The molecule has 1 fully saturated rings. The van der Waals surface area contributed by atoms with Crippen molar-refractivity contribution in [3.8, 4) is 0 Å².